The second kappa shape index (κ2) is 13.0. The first kappa shape index (κ1) is 27.1. The zero-order chi connectivity index (χ0) is 25.2. The van der Waals surface area contributed by atoms with Crippen LogP contribution in [0.3, 0.4) is 0 Å². The maximum absolute atomic E-state index is 10.5. The Bertz CT molecular complexity index is 1040. The van der Waals surface area contributed by atoms with Gasteiger partial charge in [0.25, 0.3) is 8.32 Å². The summed E-state index contributed by atoms with van der Waals surface area (Å²) in [5, 5.41) is 4.71. The van der Waals surface area contributed by atoms with Gasteiger partial charge in [-0.2, -0.15) is 0 Å². The van der Waals surface area contributed by atoms with Gasteiger partial charge in [0.05, 0.1) is 6.10 Å². The highest BCUT2D eigenvalue weighted by molar-refractivity contribution is 7.10. The van der Waals surface area contributed by atoms with Crippen LogP contribution in [0.1, 0.15) is 64.4 Å². The molecule has 0 radical (unpaired) electrons. The molecule has 0 saturated carbocycles. The summed E-state index contributed by atoms with van der Waals surface area (Å²) < 4.78 is 7.49. The summed E-state index contributed by atoms with van der Waals surface area (Å²) in [7, 11) is -2.64. The monoisotopic (exact) mass is 502 g/mol. The lowest BCUT2D eigenvalue weighted by Gasteiger charge is -2.45. The molecule has 1 unspecified atom stereocenters. The first-order valence-electron chi connectivity index (χ1n) is 12.5. The third-order valence-corrected chi connectivity index (χ3v) is 12.4. The fourth-order valence-corrected chi connectivity index (χ4v) is 10.1. The fourth-order valence-electron chi connectivity index (χ4n) is 4.57. The van der Waals surface area contributed by atoms with Gasteiger partial charge in [-0.3, -0.25) is 0 Å². The van der Waals surface area contributed by atoms with E-state index in [0.29, 0.717) is 6.42 Å². The zero-order valence-electron chi connectivity index (χ0n) is 21.4. The van der Waals surface area contributed by atoms with Gasteiger partial charge in [0.2, 0.25) is 0 Å². The van der Waals surface area contributed by atoms with Crippen molar-refractivity contribution in [3.8, 4) is 0 Å². The Morgan fingerprint density at radius 1 is 0.943 bits per heavy atom. The highest BCUT2D eigenvalue weighted by Gasteiger charge is 2.51. The number of rotatable bonds is 12. The molecule has 3 aromatic rings. The van der Waals surface area contributed by atoms with Gasteiger partial charge in [-0.25, -0.2) is 0 Å². The standard InChI is InChI=1S/C31H38O2SSi/c1-26(16-9-5-6-14-24-32)22-23-29(30-21-15-25-34-30)33-35(31(2,3)4,27-17-10-7-11-18-27)28-19-12-8-13-20-28/h5,7-13,15-21,24-25,29H,6,14,22-23H2,1-4H3/b9-5+,26-16+. The second-order valence-corrected chi connectivity index (χ2v) is 15.2. The average Bonchev–Trinajstić information content (AvgIpc) is 3.39. The van der Waals surface area contributed by atoms with Crippen LogP contribution in [0, 0.1) is 0 Å². The number of allylic oxidation sites excluding steroid dienone is 4. The van der Waals surface area contributed by atoms with Crippen LogP contribution in [0.2, 0.25) is 5.04 Å². The van der Waals surface area contributed by atoms with Crippen molar-refractivity contribution in [2.24, 2.45) is 0 Å². The van der Waals surface area contributed by atoms with E-state index in [4.69, 9.17) is 4.43 Å². The SMILES string of the molecule is C/C(=C\C=C\CCC=O)CCC(O[Si](c1ccccc1)(c1ccccc1)C(C)(C)C)c1cccs1. The first-order chi connectivity index (χ1) is 16.9. The molecule has 0 bridgehead atoms. The molecule has 0 aliphatic heterocycles. The van der Waals surface area contributed by atoms with Crippen molar-refractivity contribution in [3.05, 3.63) is 107 Å². The van der Waals surface area contributed by atoms with E-state index in [1.54, 1.807) is 11.3 Å². The van der Waals surface area contributed by atoms with Gasteiger partial charge in [0.1, 0.15) is 6.29 Å². The molecule has 1 aromatic heterocycles. The lowest BCUT2D eigenvalue weighted by atomic mass is 10.1. The molecule has 0 amide bonds. The molecule has 3 rings (SSSR count). The third-order valence-electron chi connectivity index (χ3n) is 6.37. The Kier molecular flexibility index (Phi) is 10.0. The van der Waals surface area contributed by atoms with Crippen molar-refractivity contribution in [2.75, 3.05) is 0 Å². The molecule has 4 heteroatoms. The largest absolute Gasteiger partial charge is 0.400 e. The van der Waals surface area contributed by atoms with Crippen LogP contribution in [0.5, 0.6) is 0 Å². The van der Waals surface area contributed by atoms with Gasteiger partial charge in [-0.15, -0.1) is 11.3 Å². The van der Waals surface area contributed by atoms with E-state index >= 15 is 0 Å². The fraction of sp³-hybridized carbons (Fsp3) is 0.323. The molecule has 184 valence electrons. The number of aldehydes is 1. The van der Waals surface area contributed by atoms with Crippen LogP contribution in [-0.2, 0) is 9.22 Å². The maximum atomic E-state index is 10.5. The van der Waals surface area contributed by atoms with Crippen molar-refractivity contribution in [1.29, 1.82) is 0 Å². The maximum Gasteiger partial charge on any atom is 0.261 e. The summed E-state index contributed by atoms with van der Waals surface area (Å²) >= 11 is 1.78. The van der Waals surface area contributed by atoms with Crippen molar-refractivity contribution < 1.29 is 9.22 Å². The Morgan fingerprint density at radius 2 is 1.57 bits per heavy atom. The van der Waals surface area contributed by atoms with Crippen LogP contribution in [0.15, 0.2) is 102 Å². The van der Waals surface area contributed by atoms with Crippen LogP contribution < -0.4 is 10.4 Å². The van der Waals surface area contributed by atoms with Gasteiger partial charge in [0, 0.05) is 11.3 Å². The van der Waals surface area contributed by atoms with E-state index in [1.807, 2.05) is 0 Å². The molecule has 0 N–H and O–H groups in total. The molecular weight excluding hydrogens is 464 g/mol. The van der Waals surface area contributed by atoms with Gasteiger partial charge in [-0.05, 0) is 53.0 Å². The van der Waals surface area contributed by atoms with Crippen molar-refractivity contribution >= 4 is 36.3 Å². The molecule has 0 fully saturated rings. The number of benzene rings is 2. The molecule has 0 aliphatic rings. The van der Waals surface area contributed by atoms with Gasteiger partial charge >= 0.3 is 0 Å². The highest BCUT2D eigenvalue weighted by Crippen LogP contribution is 2.41. The van der Waals surface area contributed by atoms with Crippen molar-refractivity contribution in [2.45, 2.75) is 64.5 Å². The van der Waals surface area contributed by atoms with E-state index in [0.717, 1.165) is 25.5 Å². The lowest BCUT2D eigenvalue weighted by molar-refractivity contribution is -0.107. The average molecular weight is 503 g/mol. The predicted octanol–water partition coefficient (Wildman–Crippen LogP) is 7.63. The summed E-state index contributed by atoms with van der Waals surface area (Å²) in [6, 6.07) is 26.1. The smallest absolute Gasteiger partial charge is 0.261 e. The number of thiophene rings is 1. The van der Waals surface area contributed by atoms with Gasteiger partial charge in [-0.1, -0.05) is 111 Å². The molecule has 35 heavy (non-hydrogen) atoms. The number of carbonyl (C=O) groups is 1. The quantitative estimate of drug-likeness (QED) is 0.110. The minimum absolute atomic E-state index is 0.0173. The first-order valence-corrected chi connectivity index (χ1v) is 15.3. The Hall–Kier alpha value is -2.53. The van der Waals surface area contributed by atoms with Crippen LogP contribution in [0.25, 0.3) is 0 Å². The van der Waals surface area contributed by atoms with Crippen LogP contribution in [0.4, 0.5) is 0 Å². The van der Waals surface area contributed by atoms with Crippen LogP contribution >= 0.6 is 11.3 Å². The lowest BCUT2D eigenvalue weighted by Crippen LogP contribution is -2.66. The number of carbonyl (C=O) groups excluding carboxylic acids is 1. The minimum Gasteiger partial charge on any atom is -0.400 e. The summed E-state index contributed by atoms with van der Waals surface area (Å²) in [4.78, 5) is 11.8. The molecule has 0 aliphatic carbocycles. The highest BCUT2D eigenvalue weighted by atomic mass is 32.1. The molecular formula is C31H38O2SSi. The molecule has 1 heterocycles. The van der Waals surface area contributed by atoms with E-state index < -0.39 is 8.32 Å². The van der Waals surface area contributed by atoms with Crippen LogP contribution in [-0.4, -0.2) is 14.6 Å². The van der Waals surface area contributed by atoms with E-state index in [9.17, 15) is 4.79 Å². The Balaban J connectivity index is 1.98. The van der Waals surface area contributed by atoms with E-state index in [2.05, 4.69) is 124 Å². The Labute approximate surface area is 216 Å². The van der Waals surface area contributed by atoms with Gasteiger partial charge < -0.3 is 9.22 Å². The number of hydrogen-bond donors (Lipinski definition) is 0. The van der Waals surface area contributed by atoms with Crippen molar-refractivity contribution in [3.63, 3.8) is 0 Å². The van der Waals surface area contributed by atoms with Crippen molar-refractivity contribution in [1.82, 2.24) is 0 Å². The third kappa shape index (κ3) is 7.00. The Morgan fingerprint density at radius 3 is 2.09 bits per heavy atom. The summed E-state index contributed by atoms with van der Waals surface area (Å²) in [6.07, 6.45) is 10.5. The topological polar surface area (TPSA) is 26.3 Å². The molecule has 0 spiro atoms. The zero-order valence-corrected chi connectivity index (χ0v) is 23.3. The summed E-state index contributed by atoms with van der Waals surface area (Å²) in [5.74, 6) is 0. The summed E-state index contributed by atoms with van der Waals surface area (Å²) in [6.45, 7) is 9.18. The molecule has 0 saturated heterocycles. The van der Waals surface area contributed by atoms with E-state index in [1.165, 1.54) is 20.8 Å². The predicted molar refractivity (Wildman–Crippen MR) is 153 cm³/mol. The number of unbranched alkanes of at least 4 members (excludes halogenated alkanes) is 1. The minimum atomic E-state index is -2.64. The van der Waals surface area contributed by atoms with E-state index in [-0.39, 0.29) is 11.1 Å². The molecule has 2 aromatic carbocycles. The molecule has 1 atom stereocenters. The number of hydrogen-bond acceptors (Lipinski definition) is 3. The van der Waals surface area contributed by atoms with Gasteiger partial charge in [0.15, 0.2) is 0 Å². The summed E-state index contributed by atoms with van der Waals surface area (Å²) in [5.41, 5.74) is 1.32. The normalized spacial score (nSPS) is 13.8. The second-order valence-electron chi connectivity index (χ2n) is 10.0. The molecule has 2 nitrogen and oxygen atoms in total.